The Morgan fingerprint density at radius 3 is 1.23 bits per heavy atom. The molecule has 0 rings (SSSR count). The van der Waals surface area contributed by atoms with Gasteiger partial charge in [0.2, 0.25) is 11.7 Å². The van der Waals surface area contributed by atoms with Crippen molar-refractivity contribution in [3.05, 3.63) is 0 Å². The summed E-state index contributed by atoms with van der Waals surface area (Å²) in [5.74, 6) is -3.48. The lowest BCUT2D eigenvalue weighted by molar-refractivity contribution is -0.275. The molecule has 3 atom stereocenters. The van der Waals surface area contributed by atoms with Crippen LogP contribution in [0.2, 0.25) is 0 Å². The zero-order valence-corrected chi connectivity index (χ0v) is 29.1. The molecule has 0 saturated carbocycles. The lowest BCUT2D eigenvalue weighted by Crippen LogP contribution is -2.63. The van der Waals surface area contributed by atoms with Crippen LogP contribution in [-0.2, 0) is 14.3 Å². The van der Waals surface area contributed by atoms with E-state index in [9.17, 15) is 19.8 Å². The van der Waals surface area contributed by atoms with Crippen LogP contribution in [-0.4, -0.2) is 34.0 Å². The molecule has 0 bridgehead atoms. The summed E-state index contributed by atoms with van der Waals surface area (Å²) in [6.07, 6.45) is 29.0. The van der Waals surface area contributed by atoms with Gasteiger partial charge in [-0.25, -0.2) is 0 Å². The van der Waals surface area contributed by atoms with Crippen LogP contribution in [0, 0.1) is 5.41 Å². The fourth-order valence-electron chi connectivity index (χ4n) is 6.50. The van der Waals surface area contributed by atoms with Crippen LogP contribution < -0.4 is 5.73 Å². The number of hydrogen-bond acceptors (Lipinski definition) is 5. The molecule has 0 aromatic carbocycles. The zero-order chi connectivity index (χ0) is 32.2. The standard InChI is InChI=1S/C37H73NO5/c1-5-8-10-12-14-16-18-20-21-23-25-27-29-31-34(40)43-37(42,7-3)36(33(4)39,35(38)41)32-30-28-26-24-22-19-17-15-13-11-9-6-2/h33,39,42H,5-32H2,1-4H3,(H2,38,41). The summed E-state index contributed by atoms with van der Waals surface area (Å²) in [7, 11) is 0. The second kappa shape index (κ2) is 27.2. The topological polar surface area (TPSA) is 110 Å². The first-order valence-corrected chi connectivity index (χ1v) is 18.6. The molecule has 0 spiro atoms. The minimum absolute atomic E-state index is 0.0105. The zero-order valence-electron chi connectivity index (χ0n) is 29.1. The maximum Gasteiger partial charge on any atom is 0.308 e. The number of primary amides is 1. The Morgan fingerprint density at radius 1 is 0.605 bits per heavy atom. The fourth-order valence-corrected chi connectivity index (χ4v) is 6.50. The summed E-state index contributed by atoms with van der Waals surface area (Å²) in [5, 5.41) is 22.3. The van der Waals surface area contributed by atoms with Crippen LogP contribution in [0.15, 0.2) is 0 Å². The molecule has 6 heteroatoms. The van der Waals surface area contributed by atoms with E-state index in [-0.39, 0.29) is 19.3 Å². The summed E-state index contributed by atoms with van der Waals surface area (Å²) < 4.78 is 5.60. The van der Waals surface area contributed by atoms with E-state index in [0.717, 1.165) is 32.1 Å². The summed E-state index contributed by atoms with van der Waals surface area (Å²) in [6.45, 7) is 7.63. The Morgan fingerprint density at radius 2 is 0.930 bits per heavy atom. The maximum absolute atomic E-state index is 12.8. The quantitative estimate of drug-likeness (QED) is 0.0398. The predicted molar refractivity (Wildman–Crippen MR) is 181 cm³/mol. The van der Waals surface area contributed by atoms with Gasteiger partial charge < -0.3 is 20.7 Å². The molecule has 0 saturated heterocycles. The molecule has 1 amide bonds. The highest BCUT2D eigenvalue weighted by Gasteiger charge is 2.59. The van der Waals surface area contributed by atoms with Gasteiger partial charge in [0.25, 0.3) is 0 Å². The second-order valence-electron chi connectivity index (χ2n) is 13.3. The summed E-state index contributed by atoms with van der Waals surface area (Å²) in [4.78, 5) is 25.5. The van der Waals surface area contributed by atoms with Crippen molar-refractivity contribution in [2.75, 3.05) is 0 Å². The van der Waals surface area contributed by atoms with E-state index in [4.69, 9.17) is 10.5 Å². The average molecular weight is 612 g/mol. The Bertz CT molecular complexity index is 669. The second-order valence-corrected chi connectivity index (χ2v) is 13.3. The highest BCUT2D eigenvalue weighted by molar-refractivity contribution is 5.83. The maximum atomic E-state index is 12.8. The van der Waals surface area contributed by atoms with Gasteiger partial charge >= 0.3 is 5.97 Å². The lowest BCUT2D eigenvalue weighted by atomic mass is 9.69. The molecule has 0 aromatic rings. The number of nitrogens with two attached hydrogens (primary N) is 1. The first kappa shape index (κ1) is 41.9. The number of hydrogen-bond donors (Lipinski definition) is 3. The van der Waals surface area contributed by atoms with E-state index in [1.165, 1.54) is 122 Å². The van der Waals surface area contributed by atoms with Crippen LogP contribution >= 0.6 is 0 Å². The Balaban J connectivity index is 4.45. The number of esters is 1. The summed E-state index contributed by atoms with van der Waals surface area (Å²) >= 11 is 0. The van der Waals surface area contributed by atoms with Gasteiger partial charge in [-0.15, -0.1) is 0 Å². The van der Waals surface area contributed by atoms with Gasteiger partial charge in [-0.05, 0) is 19.8 Å². The smallest absolute Gasteiger partial charge is 0.308 e. The summed E-state index contributed by atoms with van der Waals surface area (Å²) in [5.41, 5.74) is 4.09. The molecule has 0 aliphatic rings. The van der Waals surface area contributed by atoms with E-state index in [1.54, 1.807) is 6.92 Å². The lowest BCUT2D eigenvalue weighted by Gasteiger charge is -2.45. The number of unbranched alkanes of at least 4 members (excludes halogenated alkanes) is 23. The van der Waals surface area contributed by atoms with Crippen molar-refractivity contribution in [3.63, 3.8) is 0 Å². The van der Waals surface area contributed by atoms with Crippen molar-refractivity contribution >= 4 is 11.9 Å². The molecule has 0 aromatic heterocycles. The largest absolute Gasteiger partial charge is 0.432 e. The van der Waals surface area contributed by atoms with Crippen LogP contribution in [0.1, 0.15) is 207 Å². The first-order chi connectivity index (χ1) is 20.7. The third kappa shape index (κ3) is 18.4. The monoisotopic (exact) mass is 612 g/mol. The molecule has 0 fully saturated rings. The van der Waals surface area contributed by atoms with Gasteiger partial charge in [0.15, 0.2) is 0 Å². The summed E-state index contributed by atoms with van der Waals surface area (Å²) in [6, 6.07) is 0. The van der Waals surface area contributed by atoms with Crippen molar-refractivity contribution in [1.29, 1.82) is 0 Å². The molecule has 0 aliphatic heterocycles. The van der Waals surface area contributed by atoms with E-state index in [0.29, 0.717) is 12.8 Å². The van der Waals surface area contributed by atoms with Gasteiger partial charge in [0, 0.05) is 12.8 Å². The van der Waals surface area contributed by atoms with Crippen LogP contribution in [0.25, 0.3) is 0 Å². The number of ether oxygens (including phenoxy) is 1. The molecule has 0 radical (unpaired) electrons. The van der Waals surface area contributed by atoms with E-state index < -0.39 is 29.2 Å². The van der Waals surface area contributed by atoms with Crippen molar-refractivity contribution in [3.8, 4) is 0 Å². The Hall–Kier alpha value is -1.14. The number of carbonyl (C=O) groups is 2. The molecule has 4 N–H and O–H groups in total. The van der Waals surface area contributed by atoms with Crippen molar-refractivity contribution in [1.82, 2.24) is 0 Å². The predicted octanol–water partition coefficient (Wildman–Crippen LogP) is 10.1. The minimum atomic E-state index is -2.13. The van der Waals surface area contributed by atoms with E-state index in [1.807, 2.05) is 0 Å². The average Bonchev–Trinajstić information content (AvgIpc) is 2.97. The first-order valence-electron chi connectivity index (χ1n) is 18.6. The third-order valence-corrected chi connectivity index (χ3v) is 9.52. The van der Waals surface area contributed by atoms with Gasteiger partial charge in [0.05, 0.1) is 6.10 Å². The molecular weight excluding hydrogens is 538 g/mol. The molecule has 0 heterocycles. The Labute approximate surface area is 266 Å². The van der Waals surface area contributed by atoms with Gasteiger partial charge in [0.1, 0.15) is 5.41 Å². The van der Waals surface area contributed by atoms with Crippen LogP contribution in [0.3, 0.4) is 0 Å². The van der Waals surface area contributed by atoms with Gasteiger partial charge in [-0.1, -0.05) is 175 Å². The van der Waals surface area contributed by atoms with E-state index >= 15 is 0 Å². The SMILES string of the molecule is CCCCCCCCCCCCCCCC(=O)OC(O)(CC)C(CCCCCCCCCCCCCC)(C(N)=O)C(C)O. The van der Waals surface area contributed by atoms with Crippen molar-refractivity contribution in [2.45, 2.75) is 219 Å². The highest BCUT2D eigenvalue weighted by atomic mass is 16.7. The number of aliphatic hydroxyl groups excluding tert-OH is 1. The fraction of sp³-hybridized carbons (Fsp3) is 0.946. The molecule has 43 heavy (non-hydrogen) atoms. The van der Waals surface area contributed by atoms with Gasteiger partial charge in [-0.2, -0.15) is 0 Å². The Kier molecular flexibility index (Phi) is 26.5. The number of aliphatic hydroxyl groups is 2. The van der Waals surface area contributed by atoms with Gasteiger partial charge in [-0.3, -0.25) is 9.59 Å². The van der Waals surface area contributed by atoms with Crippen molar-refractivity contribution in [2.24, 2.45) is 11.1 Å². The normalized spacial score (nSPS) is 15.1. The molecule has 256 valence electrons. The highest BCUT2D eigenvalue weighted by Crippen LogP contribution is 2.43. The molecule has 6 nitrogen and oxygen atoms in total. The van der Waals surface area contributed by atoms with Crippen LogP contribution in [0.5, 0.6) is 0 Å². The minimum Gasteiger partial charge on any atom is -0.432 e. The molecule has 3 unspecified atom stereocenters. The third-order valence-electron chi connectivity index (χ3n) is 9.52. The van der Waals surface area contributed by atoms with E-state index in [2.05, 4.69) is 13.8 Å². The number of rotatable bonds is 32. The molecular formula is C37H73NO5. The number of carbonyl (C=O) groups excluding carboxylic acids is 2. The van der Waals surface area contributed by atoms with Crippen LogP contribution in [0.4, 0.5) is 0 Å². The molecule has 0 aliphatic carbocycles. The number of amides is 1. The van der Waals surface area contributed by atoms with Crippen molar-refractivity contribution < 1.29 is 24.5 Å².